The Labute approximate surface area is 441 Å². The van der Waals surface area contributed by atoms with Crippen molar-refractivity contribution in [3.05, 3.63) is 11.6 Å². The lowest BCUT2D eigenvalue weighted by molar-refractivity contribution is -0.138. The van der Waals surface area contributed by atoms with Crippen molar-refractivity contribution in [3.63, 3.8) is 0 Å². The summed E-state index contributed by atoms with van der Waals surface area (Å²) in [6.45, 7) is 24.8. The van der Waals surface area contributed by atoms with Crippen LogP contribution in [0.1, 0.15) is 115 Å². The topological polar surface area (TPSA) is 299 Å². The van der Waals surface area contributed by atoms with E-state index in [0.29, 0.717) is 84.8 Å². The first-order valence-electron chi connectivity index (χ1n) is 25.7. The van der Waals surface area contributed by atoms with Crippen molar-refractivity contribution in [3.8, 4) is 18.2 Å². The van der Waals surface area contributed by atoms with E-state index >= 15 is 0 Å². The van der Waals surface area contributed by atoms with Crippen molar-refractivity contribution in [1.82, 2.24) is 20.0 Å². The fourth-order valence-electron chi connectivity index (χ4n) is 9.98. The van der Waals surface area contributed by atoms with Crippen LogP contribution in [0, 0.1) is 45.8 Å². The van der Waals surface area contributed by atoms with E-state index in [1.165, 1.54) is 11.0 Å². The molecule has 0 aliphatic carbocycles. The molecule has 0 spiro atoms. The maximum Gasteiger partial charge on any atom is 0.411 e. The van der Waals surface area contributed by atoms with Crippen LogP contribution in [0.15, 0.2) is 11.6 Å². The third-order valence-electron chi connectivity index (χ3n) is 12.8. The van der Waals surface area contributed by atoms with Gasteiger partial charge in [-0.15, -0.1) is 0 Å². The van der Waals surface area contributed by atoms with Crippen molar-refractivity contribution < 1.29 is 75.8 Å². The number of carbonyl (C=O) groups is 5. The van der Waals surface area contributed by atoms with E-state index < -0.39 is 42.5 Å². The quantitative estimate of drug-likeness (QED) is 0.152. The van der Waals surface area contributed by atoms with Gasteiger partial charge in [0, 0.05) is 37.4 Å². The fraction of sp³-hybridized carbons (Fsp3) is 0.804. The Morgan fingerprint density at radius 3 is 1.68 bits per heavy atom. The molecule has 420 valence electrons. The first-order valence-corrected chi connectivity index (χ1v) is 27.5. The molecule has 10 atom stereocenters. The van der Waals surface area contributed by atoms with Crippen LogP contribution in [0.4, 0.5) is 14.4 Å². The summed E-state index contributed by atoms with van der Waals surface area (Å²) in [4.78, 5) is 63.4. The molecule has 8 aliphatic rings. The second-order valence-corrected chi connectivity index (χ2v) is 24.3. The lowest BCUT2D eigenvalue weighted by Crippen LogP contribution is -2.51. The summed E-state index contributed by atoms with van der Waals surface area (Å²) in [5.74, 6) is -0.132. The van der Waals surface area contributed by atoms with Crippen LogP contribution in [0.2, 0.25) is 0 Å². The first-order chi connectivity index (χ1) is 35.2. The number of allylic oxidation sites excluding steroid dienone is 1. The molecule has 10 unspecified atom stereocenters. The van der Waals surface area contributed by atoms with Gasteiger partial charge in [0.25, 0.3) is 0 Å². The number of carboxylic acid groups (broad SMARTS) is 1. The van der Waals surface area contributed by atoms with Gasteiger partial charge in [0.15, 0.2) is 5.78 Å². The summed E-state index contributed by atoms with van der Waals surface area (Å²) in [5, 5.41) is 37.8. The van der Waals surface area contributed by atoms with Gasteiger partial charge in [-0.1, -0.05) is 0 Å². The van der Waals surface area contributed by atoms with Gasteiger partial charge in [0.1, 0.15) is 29.0 Å². The summed E-state index contributed by atoms with van der Waals surface area (Å²) >= 11 is 0. The smallest absolute Gasteiger partial charge is 0.411 e. The Morgan fingerprint density at radius 1 is 0.680 bits per heavy atom. The van der Waals surface area contributed by atoms with Crippen LogP contribution in [0.25, 0.3) is 0 Å². The molecule has 23 nitrogen and oxygen atoms in total. The highest BCUT2D eigenvalue weighted by Crippen LogP contribution is 2.47. The monoisotopic (exact) mass is 1080 g/mol. The minimum atomic E-state index is -3.08. The number of aliphatic carboxylic acids is 1. The number of ketones is 1. The van der Waals surface area contributed by atoms with E-state index in [2.05, 4.69) is 11.4 Å². The molecule has 0 aromatic carbocycles. The van der Waals surface area contributed by atoms with E-state index in [0.717, 1.165) is 25.0 Å². The number of nitriles is 3. The fourth-order valence-corrected chi connectivity index (χ4v) is 11.2. The maximum absolute atomic E-state index is 12.2. The molecule has 0 aromatic heterocycles. The summed E-state index contributed by atoms with van der Waals surface area (Å²) in [6.07, 6.45) is 4.00. The maximum atomic E-state index is 12.2. The van der Waals surface area contributed by atoms with Gasteiger partial charge in [0.2, 0.25) is 0 Å². The second-order valence-electron chi connectivity index (χ2n) is 22.3. The van der Waals surface area contributed by atoms with Crippen molar-refractivity contribution in [2.24, 2.45) is 11.8 Å². The van der Waals surface area contributed by atoms with Gasteiger partial charge in [-0.3, -0.25) is 28.9 Å². The molecule has 0 aromatic rings. The molecule has 8 rings (SSSR count). The molecule has 3 amide bonds. The Hall–Kier alpha value is -4.89. The van der Waals surface area contributed by atoms with E-state index in [1.54, 1.807) is 29.7 Å². The predicted molar refractivity (Wildman–Crippen MR) is 269 cm³/mol. The number of morpholine rings is 4. The molecular weight excluding hydrogens is 998 g/mol. The van der Waals surface area contributed by atoms with Crippen LogP contribution >= 0.6 is 7.60 Å². The Kier molecular flexibility index (Phi) is 23.3. The van der Waals surface area contributed by atoms with E-state index in [9.17, 15) is 28.5 Å². The summed E-state index contributed by atoms with van der Waals surface area (Å²) in [7, 11) is -3.08. The van der Waals surface area contributed by atoms with Gasteiger partial charge >= 0.3 is 31.8 Å². The van der Waals surface area contributed by atoms with Crippen LogP contribution in [-0.2, 0) is 56.4 Å². The first kappa shape index (κ1) is 62.6. The molecule has 8 aliphatic heterocycles. The third-order valence-corrected chi connectivity index (χ3v) is 14.6. The van der Waals surface area contributed by atoms with Crippen LogP contribution < -0.4 is 5.32 Å². The standard InChI is InChI=1S/C13H20N2O3.C13H18N2O3.C11H17NO4.C8H13NO3.C6H12NO3P/c2*1-13(2,3)18-12(16)15-10-6-9(4-5-14)11(15)8-17-7-10;1-11(2,3)16-10(14)12-7-4-9(13)8(12)6-15-5-7;10-8(11)2-5-1-6-3-12-4-7(5)9-6;1-3-9-11(8,6-5-7)10-4-2/h9-11H,4,6-8H2,1-3H3;4,10-11H,6-8H2,1-3H3;7-8H,4-6H2,1-3H3;5-7,9H,1-4H2,(H,10,11);3-4,6H2,1-2H3/b;9-4+;;;. The Morgan fingerprint density at radius 2 is 1.19 bits per heavy atom. The Bertz CT molecular complexity index is 2160. The minimum absolute atomic E-state index is 0.00162. The molecule has 2 N–H and O–H groups in total. The van der Waals surface area contributed by atoms with Crippen molar-refractivity contribution >= 4 is 37.6 Å². The van der Waals surface area contributed by atoms with Gasteiger partial charge in [0.05, 0.1) is 114 Å². The van der Waals surface area contributed by atoms with Gasteiger partial charge in [-0.2, -0.15) is 15.8 Å². The highest BCUT2D eigenvalue weighted by atomic mass is 31.2. The number of hydrogen-bond acceptors (Lipinski definition) is 19. The molecule has 8 fully saturated rings. The van der Waals surface area contributed by atoms with E-state index in [-0.39, 0.29) is 78.6 Å². The SMILES string of the molecule is CC(C)(C)OC(=O)N1C2COCC1/C(=C/C#N)C2.CC(C)(C)OC(=O)N1C2COCC1C(=O)C2.CC(C)(C)OC(=O)N1C2COCC1C(CC#N)C2.CCOP(=O)(CC#N)OCC.O=C(O)CC1CC2COCC1N2. The predicted octanol–water partition coefficient (Wildman–Crippen LogP) is 6.35. The van der Waals surface area contributed by atoms with Crippen LogP contribution in [0.3, 0.4) is 0 Å². The Balaban J connectivity index is 0.000000206. The summed E-state index contributed by atoms with van der Waals surface area (Å²) in [5.41, 5.74) is -0.559. The zero-order chi connectivity index (χ0) is 55.9. The van der Waals surface area contributed by atoms with Crippen molar-refractivity contribution in [2.75, 3.05) is 72.2 Å². The molecule has 24 heteroatoms. The number of carboxylic acids is 1. The molecule has 0 radical (unpaired) electrons. The summed E-state index contributed by atoms with van der Waals surface area (Å²) in [6, 6.07) is 6.02. The number of nitrogens with zero attached hydrogens (tertiary/aromatic N) is 6. The number of nitrogens with one attached hydrogen (secondary N) is 1. The van der Waals surface area contributed by atoms with Crippen LogP contribution in [0.5, 0.6) is 0 Å². The van der Waals surface area contributed by atoms with Gasteiger partial charge in [-0.05, 0) is 113 Å². The molecular formula is C51H80N7O16P. The molecule has 8 saturated heterocycles. The van der Waals surface area contributed by atoms with Crippen molar-refractivity contribution in [2.45, 2.75) is 180 Å². The number of ether oxygens (including phenoxy) is 7. The molecule has 75 heavy (non-hydrogen) atoms. The largest absolute Gasteiger partial charge is 0.481 e. The third kappa shape index (κ3) is 19.0. The second kappa shape index (κ2) is 27.9. The molecule has 0 saturated carbocycles. The summed E-state index contributed by atoms with van der Waals surface area (Å²) < 4.78 is 58.6. The molecule has 8 heterocycles. The average molecular weight is 1080 g/mol. The van der Waals surface area contributed by atoms with E-state index in [1.807, 2.05) is 68.4 Å². The molecule has 8 bridgehead atoms. The number of Topliss-reactive ketones (excluding diaryl/α,β-unsaturated/α-hetero) is 1. The number of carbonyl (C=O) groups excluding carboxylic acids is 4. The zero-order valence-corrected chi connectivity index (χ0v) is 46.5. The number of amides is 3. The van der Waals surface area contributed by atoms with Gasteiger partial charge in [-0.25, -0.2) is 14.4 Å². The highest BCUT2D eigenvalue weighted by Gasteiger charge is 2.50. The van der Waals surface area contributed by atoms with Crippen molar-refractivity contribution in [1.29, 1.82) is 15.8 Å². The number of fused-ring (bicyclic) bond motifs is 8. The van der Waals surface area contributed by atoms with Crippen LogP contribution in [-0.4, -0.2) is 187 Å². The lowest BCUT2D eigenvalue weighted by Gasteiger charge is -2.36. The van der Waals surface area contributed by atoms with Gasteiger partial charge < -0.3 is 52.6 Å². The number of rotatable bonds is 8. The number of hydrogen-bond donors (Lipinski definition) is 2. The minimum Gasteiger partial charge on any atom is -0.481 e. The normalized spacial score (nSPS) is 28.7. The lowest BCUT2D eigenvalue weighted by atomic mass is 9.97. The zero-order valence-electron chi connectivity index (χ0n) is 45.6. The average Bonchev–Trinajstić information content (AvgIpc) is 3.85. The highest BCUT2D eigenvalue weighted by molar-refractivity contribution is 7.54. The van der Waals surface area contributed by atoms with E-state index in [4.69, 9.17) is 63.1 Å².